The molecule has 0 radical (unpaired) electrons. The van der Waals surface area contributed by atoms with E-state index in [-0.39, 0.29) is 0 Å². The van der Waals surface area contributed by atoms with Crippen LogP contribution >= 0.6 is 0 Å². The Labute approximate surface area is 128 Å². The highest BCUT2D eigenvalue weighted by Gasteiger charge is 2.34. The molecule has 0 spiro atoms. The van der Waals surface area contributed by atoms with Crippen molar-refractivity contribution in [3.8, 4) is 0 Å². The fourth-order valence-electron chi connectivity index (χ4n) is 3.15. The van der Waals surface area contributed by atoms with Crippen LogP contribution in [0.5, 0.6) is 0 Å². The van der Waals surface area contributed by atoms with E-state index in [9.17, 15) is 8.42 Å². The van der Waals surface area contributed by atoms with Gasteiger partial charge in [-0.3, -0.25) is 0 Å². The van der Waals surface area contributed by atoms with Crippen LogP contribution in [0.1, 0.15) is 32.3 Å². The first kappa shape index (κ1) is 16.5. The molecule has 1 N–H and O–H groups in total. The van der Waals surface area contributed by atoms with Crippen LogP contribution in [0.2, 0.25) is 0 Å². The maximum atomic E-state index is 12.8. The van der Waals surface area contributed by atoms with E-state index in [0.29, 0.717) is 29.9 Å². The van der Waals surface area contributed by atoms with Gasteiger partial charge in [0.1, 0.15) is 0 Å². The highest BCUT2D eigenvalue weighted by atomic mass is 32.2. The highest BCUT2D eigenvalue weighted by Crippen LogP contribution is 2.27. The van der Waals surface area contributed by atoms with Gasteiger partial charge in [-0.05, 0) is 37.4 Å². The third kappa shape index (κ3) is 3.47. The molecule has 1 aliphatic heterocycles. The van der Waals surface area contributed by atoms with Gasteiger partial charge in [0.25, 0.3) is 0 Å². The molecule has 5 heteroatoms. The Bertz CT molecular complexity index is 571. The first-order valence-electron chi connectivity index (χ1n) is 7.79. The standard InChI is InChI=1S/C16H26N2O2S/c1-4-14-12-18(11-10-15(14)17-5-2)21(19,20)16-9-7-6-8-13(16)3/h6-9,14-15,17H,4-5,10-12H2,1-3H3. The van der Waals surface area contributed by atoms with Crippen LogP contribution in [0.3, 0.4) is 0 Å². The predicted octanol–water partition coefficient (Wildman–Crippen LogP) is 2.39. The lowest BCUT2D eigenvalue weighted by atomic mass is 9.91. The molecule has 1 fully saturated rings. The molecule has 2 rings (SSSR count). The largest absolute Gasteiger partial charge is 0.314 e. The van der Waals surface area contributed by atoms with E-state index in [1.165, 1.54) is 0 Å². The highest BCUT2D eigenvalue weighted by molar-refractivity contribution is 7.89. The van der Waals surface area contributed by atoms with Crippen molar-refractivity contribution in [2.24, 2.45) is 5.92 Å². The molecule has 0 saturated carbocycles. The maximum absolute atomic E-state index is 12.8. The SMILES string of the molecule is CCNC1CCN(S(=O)(=O)c2ccccc2C)CC1CC. The number of nitrogens with zero attached hydrogens (tertiary/aromatic N) is 1. The molecule has 0 aliphatic carbocycles. The van der Waals surface area contributed by atoms with Crippen molar-refractivity contribution in [2.45, 2.75) is 44.6 Å². The molecule has 1 saturated heterocycles. The normalized spacial score (nSPS) is 24.1. The van der Waals surface area contributed by atoms with E-state index in [4.69, 9.17) is 0 Å². The minimum Gasteiger partial charge on any atom is -0.314 e. The van der Waals surface area contributed by atoms with Gasteiger partial charge in [-0.15, -0.1) is 0 Å². The van der Waals surface area contributed by atoms with E-state index in [2.05, 4.69) is 19.2 Å². The second-order valence-electron chi connectivity index (χ2n) is 5.75. The Morgan fingerprint density at radius 2 is 2.00 bits per heavy atom. The zero-order valence-electron chi connectivity index (χ0n) is 13.2. The summed E-state index contributed by atoms with van der Waals surface area (Å²) in [6, 6.07) is 7.67. The monoisotopic (exact) mass is 310 g/mol. The molecule has 2 atom stereocenters. The number of hydrogen-bond acceptors (Lipinski definition) is 3. The van der Waals surface area contributed by atoms with Gasteiger partial charge < -0.3 is 5.32 Å². The quantitative estimate of drug-likeness (QED) is 0.908. The smallest absolute Gasteiger partial charge is 0.243 e. The summed E-state index contributed by atoms with van der Waals surface area (Å²) in [7, 11) is -3.37. The molecule has 1 heterocycles. The van der Waals surface area contributed by atoms with Gasteiger partial charge in [-0.2, -0.15) is 4.31 Å². The van der Waals surface area contributed by atoms with Gasteiger partial charge >= 0.3 is 0 Å². The molecule has 21 heavy (non-hydrogen) atoms. The zero-order chi connectivity index (χ0) is 15.5. The predicted molar refractivity (Wildman–Crippen MR) is 85.8 cm³/mol. The third-order valence-corrected chi connectivity index (χ3v) is 6.42. The van der Waals surface area contributed by atoms with Crippen molar-refractivity contribution in [1.29, 1.82) is 0 Å². The fraction of sp³-hybridized carbons (Fsp3) is 0.625. The van der Waals surface area contributed by atoms with Gasteiger partial charge in [-0.25, -0.2) is 8.42 Å². The molecule has 1 aromatic rings. The Balaban J connectivity index is 2.21. The lowest BCUT2D eigenvalue weighted by Crippen LogP contribution is -2.50. The van der Waals surface area contributed by atoms with Gasteiger partial charge in [0.2, 0.25) is 10.0 Å². The second kappa shape index (κ2) is 6.90. The number of benzene rings is 1. The van der Waals surface area contributed by atoms with Gasteiger partial charge in [0.05, 0.1) is 4.90 Å². The van der Waals surface area contributed by atoms with E-state index in [1.54, 1.807) is 16.4 Å². The minimum atomic E-state index is -3.37. The van der Waals surface area contributed by atoms with E-state index in [1.807, 2.05) is 19.1 Å². The molecular weight excluding hydrogens is 284 g/mol. The van der Waals surface area contributed by atoms with Gasteiger partial charge in [0.15, 0.2) is 0 Å². The van der Waals surface area contributed by atoms with Crippen LogP contribution in [0.15, 0.2) is 29.2 Å². The Hall–Kier alpha value is -0.910. The number of rotatable bonds is 5. The second-order valence-corrected chi connectivity index (χ2v) is 7.66. The molecule has 0 aromatic heterocycles. The molecule has 0 bridgehead atoms. The van der Waals surface area contributed by atoms with Crippen molar-refractivity contribution in [3.05, 3.63) is 29.8 Å². The summed E-state index contributed by atoms with van der Waals surface area (Å²) in [4.78, 5) is 0.446. The maximum Gasteiger partial charge on any atom is 0.243 e. The first-order chi connectivity index (χ1) is 10.0. The molecule has 1 aromatic carbocycles. The molecule has 2 unspecified atom stereocenters. The van der Waals surface area contributed by atoms with Crippen LogP contribution in [0, 0.1) is 12.8 Å². The summed E-state index contributed by atoms with van der Waals surface area (Å²) < 4.78 is 27.3. The summed E-state index contributed by atoms with van der Waals surface area (Å²) in [6.07, 6.45) is 1.88. The van der Waals surface area contributed by atoms with Crippen molar-refractivity contribution < 1.29 is 8.42 Å². The fourth-order valence-corrected chi connectivity index (χ4v) is 4.88. The number of sulfonamides is 1. The third-order valence-electron chi connectivity index (χ3n) is 4.40. The average Bonchev–Trinajstić information content (AvgIpc) is 2.48. The van der Waals surface area contributed by atoms with Crippen molar-refractivity contribution in [3.63, 3.8) is 0 Å². The summed E-state index contributed by atoms with van der Waals surface area (Å²) >= 11 is 0. The topological polar surface area (TPSA) is 49.4 Å². The number of piperidine rings is 1. The van der Waals surface area contributed by atoms with Gasteiger partial charge in [0, 0.05) is 19.1 Å². The van der Waals surface area contributed by atoms with Crippen molar-refractivity contribution in [1.82, 2.24) is 9.62 Å². The molecule has 118 valence electrons. The van der Waals surface area contributed by atoms with Crippen LogP contribution in [0.25, 0.3) is 0 Å². The summed E-state index contributed by atoms with van der Waals surface area (Å²) in [5.41, 5.74) is 0.819. The molecular formula is C16H26N2O2S. The Morgan fingerprint density at radius 3 is 2.62 bits per heavy atom. The number of aryl methyl sites for hydroxylation is 1. The van der Waals surface area contributed by atoms with Crippen molar-refractivity contribution in [2.75, 3.05) is 19.6 Å². The van der Waals surface area contributed by atoms with Crippen LogP contribution in [-0.2, 0) is 10.0 Å². The number of hydrogen-bond donors (Lipinski definition) is 1. The van der Waals surface area contributed by atoms with Crippen LogP contribution in [-0.4, -0.2) is 38.4 Å². The van der Waals surface area contributed by atoms with Crippen LogP contribution in [0.4, 0.5) is 0 Å². The minimum absolute atomic E-state index is 0.387. The summed E-state index contributed by atoms with van der Waals surface area (Å²) in [5, 5.41) is 3.49. The average molecular weight is 310 g/mol. The molecule has 0 amide bonds. The lowest BCUT2D eigenvalue weighted by molar-refractivity contribution is 0.204. The van der Waals surface area contributed by atoms with Crippen LogP contribution < -0.4 is 5.32 Å². The summed E-state index contributed by atoms with van der Waals surface area (Å²) in [6.45, 7) is 8.25. The van der Waals surface area contributed by atoms with E-state index in [0.717, 1.165) is 24.9 Å². The number of nitrogens with one attached hydrogen (secondary N) is 1. The van der Waals surface area contributed by atoms with Gasteiger partial charge in [-0.1, -0.05) is 38.5 Å². The van der Waals surface area contributed by atoms with E-state index >= 15 is 0 Å². The zero-order valence-corrected chi connectivity index (χ0v) is 14.0. The molecule has 4 nitrogen and oxygen atoms in total. The summed E-state index contributed by atoms with van der Waals surface area (Å²) in [5.74, 6) is 0.387. The Kier molecular flexibility index (Phi) is 5.41. The molecule has 1 aliphatic rings. The lowest BCUT2D eigenvalue weighted by Gasteiger charge is -2.38. The Morgan fingerprint density at radius 1 is 1.29 bits per heavy atom. The van der Waals surface area contributed by atoms with Crippen molar-refractivity contribution >= 4 is 10.0 Å². The van der Waals surface area contributed by atoms with E-state index < -0.39 is 10.0 Å². The first-order valence-corrected chi connectivity index (χ1v) is 9.23.